The first-order valence-corrected chi connectivity index (χ1v) is 10.6. The first kappa shape index (κ1) is 17.9. The molecule has 150 valence electrons. The van der Waals surface area contributed by atoms with E-state index >= 15 is 0 Å². The van der Waals surface area contributed by atoms with Gasteiger partial charge in [-0.2, -0.15) is 0 Å². The second kappa shape index (κ2) is 8.09. The summed E-state index contributed by atoms with van der Waals surface area (Å²) in [7, 11) is 0. The summed E-state index contributed by atoms with van der Waals surface area (Å²) < 4.78 is 11.0. The smallest absolute Gasteiger partial charge is 0.165 e. The van der Waals surface area contributed by atoms with Crippen molar-refractivity contribution in [1.29, 1.82) is 0 Å². The highest BCUT2D eigenvalue weighted by Crippen LogP contribution is 2.33. The van der Waals surface area contributed by atoms with E-state index in [1.54, 1.807) is 0 Å². The molecule has 2 aromatic rings. The molecule has 0 N–H and O–H groups in total. The second-order valence-electron chi connectivity index (χ2n) is 7.79. The van der Waals surface area contributed by atoms with E-state index in [-0.39, 0.29) is 0 Å². The lowest BCUT2D eigenvalue weighted by atomic mass is 10.1. The number of pyridine rings is 2. The zero-order valence-corrected chi connectivity index (χ0v) is 16.5. The van der Waals surface area contributed by atoms with Gasteiger partial charge in [-0.3, -0.25) is 0 Å². The Morgan fingerprint density at radius 2 is 1.25 bits per heavy atom. The summed E-state index contributed by atoms with van der Waals surface area (Å²) in [4.78, 5) is 17.1. The van der Waals surface area contributed by atoms with Crippen LogP contribution in [-0.2, 0) is 9.47 Å². The molecule has 0 bridgehead atoms. The number of hydrogen-bond donors (Lipinski definition) is 0. The van der Waals surface area contributed by atoms with Crippen molar-refractivity contribution in [2.75, 3.05) is 80.4 Å². The first-order chi connectivity index (χ1) is 13.9. The highest BCUT2D eigenvalue weighted by molar-refractivity contribution is 5.92. The summed E-state index contributed by atoms with van der Waals surface area (Å²) in [5.41, 5.74) is 2.14. The molecule has 0 saturated carbocycles. The summed E-state index contributed by atoms with van der Waals surface area (Å²) in [6.07, 6.45) is 3.85. The number of nitrogens with zero attached hydrogens (tertiary/aromatic N) is 5. The molecule has 2 aromatic heterocycles. The van der Waals surface area contributed by atoms with Crippen LogP contribution in [0.5, 0.6) is 0 Å². The van der Waals surface area contributed by atoms with E-state index in [4.69, 9.17) is 19.4 Å². The third-order valence-corrected chi connectivity index (χ3v) is 5.99. The summed E-state index contributed by atoms with van der Waals surface area (Å²) in [5, 5.41) is 1.16. The number of morpholine rings is 2. The number of ether oxygens (including phenoxy) is 2. The van der Waals surface area contributed by atoms with Gasteiger partial charge in [0, 0.05) is 50.7 Å². The van der Waals surface area contributed by atoms with Crippen LogP contribution in [0, 0.1) is 0 Å². The zero-order chi connectivity index (χ0) is 18.8. The van der Waals surface area contributed by atoms with Crippen LogP contribution in [0.4, 0.5) is 17.3 Å². The molecule has 3 fully saturated rings. The minimum atomic E-state index is 0.764. The largest absolute Gasteiger partial charge is 0.378 e. The number of fused-ring (bicyclic) bond motifs is 1. The Labute approximate surface area is 166 Å². The topological polar surface area (TPSA) is 54.0 Å². The number of anilines is 3. The van der Waals surface area contributed by atoms with Crippen LogP contribution in [0.3, 0.4) is 0 Å². The predicted molar refractivity (Wildman–Crippen MR) is 112 cm³/mol. The van der Waals surface area contributed by atoms with E-state index < -0.39 is 0 Å². The molecule has 5 heterocycles. The number of aromatic nitrogens is 2. The molecule has 28 heavy (non-hydrogen) atoms. The van der Waals surface area contributed by atoms with Gasteiger partial charge in [0.05, 0.1) is 32.1 Å². The molecule has 0 aliphatic carbocycles. The van der Waals surface area contributed by atoms with Gasteiger partial charge < -0.3 is 24.2 Å². The predicted octanol–water partition coefficient (Wildman–Crippen LogP) is 2.29. The van der Waals surface area contributed by atoms with Gasteiger partial charge in [0.2, 0.25) is 0 Å². The SMILES string of the molecule is c1cc2c(N3CCCCC3)cc(N3CCOCC3)nc2nc1N1CCOCC1. The van der Waals surface area contributed by atoms with Crippen molar-refractivity contribution < 1.29 is 9.47 Å². The van der Waals surface area contributed by atoms with Crippen LogP contribution in [0.2, 0.25) is 0 Å². The maximum Gasteiger partial charge on any atom is 0.165 e. The molecule has 5 rings (SSSR count). The van der Waals surface area contributed by atoms with Crippen LogP contribution in [0.25, 0.3) is 11.0 Å². The number of rotatable bonds is 3. The molecule has 0 radical (unpaired) electrons. The number of piperidine rings is 1. The zero-order valence-electron chi connectivity index (χ0n) is 16.5. The van der Waals surface area contributed by atoms with Gasteiger partial charge in [-0.25, -0.2) is 9.97 Å². The molecule has 0 spiro atoms. The van der Waals surface area contributed by atoms with Gasteiger partial charge in [-0.05, 0) is 31.4 Å². The molecule has 3 aliphatic rings. The Balaban J connectivity index is 1.56. The lowest BCUT2D eigenvalue weighted by Gasteiger charge is -2.33. The maximum atomic E-state index is 5.54. The summed E-state index contributed by atoms with van der Waals surface area (Å²) in [6.45, 7) is 8.85. The molecule has 3 aliphatic heterocycles. The normalized spacial score (nSPS) is 21.4. The molecule has 7 nitrogen and oxygen atoms in total. The fraction of sp³-hybridized carbons (Fsp3) is 0.619. The Morgan fingerprint density at radius 1 is 0.643 bits per heavy atom. The minimum absolute atomic E-state index is 0.764. The van der Waals surface area contributed by atoms with Crippen LogP contribution in [0.15, 0.2) is 18.2 Å². The van der Waals surface area contributed by atoms with Gasteiger partial charge in [0.25, 0.3) is 0 Å². The lowest BCUT2D eigenvalue weighted by molar-refractivity contribution is 0.122. The number of hydrogen-bond acceptors (Lipinski definition) is 7. The van der Waals surface area contributed by atoms with Crippen molar-refractivity contribution in [2.45, 2.75) is 19.3 Å². The van der Waals surface area contributed by atoms with E-state index in [0.717, 1.165) is 88.4 Å². The third-order valence-electron chi connectivity index (χ3n) is 5.99. The first-order valence-electron chi connectivity index (χ1n) is 10.6. The lowest BCUT2D eigenvalue weighted by Crippen LogP contribution is -2.37. The van der Waals surface area contributed by atoms with Gasteiger partial charge in [0.15, 0.2) is 5.65 Å². The van der Waals surface area contributed by atoms with Gasteiger partial charge in [0.1, 0.15) is 11.6 Å². The molecule has 0 unspecified atom stereocenters. The van der Waals surface area contributed by atoms with Crippen molar-refractivity contribution >= 4 is 28.4 Å². The van der Waals surface area contributed by atoms with E-state index in [9.17, 15) is 0 Å². The second-order valence-corrected chi connectivity index (χ2v) is 7.79. The van der Waals surface area contributed by atoms with Crippen molar-refractivity contribution in [3.63, 3.8) is 0 Å². The van der Waals surface area contributed by atoms with Crippen LogP contribution in [0.1, 0.15) is 19.3 Å². The molecule has 7 heteroatoms. The highest BCUT2D eigenvalue weighted by Gasteiger charge is 2.21. The Hall–Kier alpha value is -2.12. The van der Waals surface area contributed by atoms with E-state index in [0.29, 0.717) is 0 Å². The molecular formula is C21H29N5O2. The van der Waals surface area contributed by atoms with Crippen molar-refractivity contribution in [3.8, 4) is 0 Å². The fourth-order valence-electron chi connectivity index (χ4n) is 4.38. The van der Waals surface area contributed by atoms with Crippen LogP contribution < -0.4 is 14.7 Å². The quantitative estimate of drug-likeness (QED) is 0.806. The molecule has 0 aromatic carbocycles. The Bertz CT molecular complexity index is 807. The van der Waals surface area contributed by atoms with E-state index in [2.05, 4.69) is 32.9 Å². The molecular weight excluding hydrogens is 354 g/mol. The summed E-state index contributed by atoms with van der Waals surface area (Å²) in [5.74, 6) is 2.04. The third kappa shape index (κ3) is 3.61. The standard InChI is InChI=1S/C21H29N5O2/c1-2-6-24(7-3-1)18-16-20(26-10-14-28-15-11-26)23-21-17(18)4-5-19(22-21)25-8-12-27-13-9-25/h4-5,16H,1-3,6-15H2. The maximum absolute atomic E-state index is 5.54. The molecule has 0 atom stereocenters. The Morgan fingerprint density at radius 3 is 1.93 bits per heavy atom. The summed E-state index contributed by atoms with van der Waals surface area (Å²) >= 11 is 0. The van der Waals surface area contributed by atoms with Crippen molar-refractivity contribution in [2.24, 2.45) is 0 Å². The average Bonchev–Trinajstić information content (AvgIpc) is 2.79. The fourth-order valence-corrected chi connectivity index (χ4v) is 4.38. The van der Waals surface area contributed by atoms with Gasteiger partial charge in [-0.1, -0.05) is 0 Å². The average molecular weight is 383 g/mol. The minimum Gasteiger partial charge on any atom is -0.378 e. The monoisotopic (exact) mass is 383 g/mol. The van der Waals surface area contributed by atoms with Gasteiger partial charge in [-0.15, -0.1) is 0 Å². The molecule has 3 saturated heterocycles. The van der Waals surface area contributed by atoms with E-state index in [1.165, 1.54) is 24.9 Å². The molecule has 0 amide bonds. The Kier molecular flexibility index (Phi) is 5.18. The van der Waals surface area contributed by atoms with Crippen molar-refractivity contribution in [1.82, 2.24) is 9.97 Å². The summed E-state index contributed by atoms with van der Waals surface area (Å²) in [6, 6.07) is 6.64. The van der Waals surface area contributed by atoms with Crippen LogP contribution >= 0.6 is 0 Å². The van der Waals surface area contributed by atoms with Crippen molar-refractivity contribution in [3.05, 3.63) is 18.2 Å². The van der Waals surface area contributed by atoms with Crippen LogP contribution in [-0.4, -0.2) is 75.7 Å². The van der Waals surface area contributed by atoms with E-state index in [1.807, 2.05) is 0 Å². The highest BCUT2D eigenvalue weighted by atomic mass is 16.5. The van der Waals surface area contributed by atoms with Gasteiger partial charge >= 0.3 is 0 Å².